The summed E-state index contributed by atoms with van der Waals surface area (Å²) in [5.41, 5.74) is 12.5. The first kappa shape index (κ1) is 22.7. The SMILES string of the molecule is Cc1ccc(CN)cc1C(=O)NC(C)c1cc(-c2cccc(Cl)c2)nc(-c2cnn(C)c2)c1. The number of aryl methyl sites for hydroxylation is 2. The largest absolute Gasteiger partial charge is 0.346 e. The summed E-state index contributed by atoms with van der Waals surface area (Å²) in [5, 5.41) is 8.04. The van der Waals surface area contributed by atoms with Crippen molar-refractivity contribution in [3.05, 3.63) is 94.3 Å². The van der Waals surface area contributed by atoms with Gasteiger partial charge in [0.2, 0.25) is 0 Å². The van der Waals surface area contributed by atoms with E-state index in [2.05, 4.69) is 10.4 Å². The molecule has 1 amide bonds. The van der Waals surface area contributed by atoms with Crippen LogP contribution < -0.4 is 11.1 Å². The van der Waals surface area contributed by atoms with Gasteiger partial charge in [-0.05, 0) is 60.9 Å². The number of aromatic nitrogens is 3. The van der Waals surface area contributed by atoms with Crippen molar-refractivity contribution in [1.82, 2.24) is 20.1 Å². The molecule has 7 heteroatoms. The second kappa shape index (κ2) is 9.57. The van der Waals surface area contributed by atoms with E-state index in [0.29, 0.717) is 17.1 Å². The fourth-order valence-electron chi connectivity index (χ4n) is 3.70. The van der Waals surface area contributed by atoms with Crippen LogP contribution in [0.5, 0.6) is 0 Å². The zero-order valence-corrected chi connectivity index (χ0v) is 19.6. The molecule has 6 nitrogen and oxygen atoms in total. The Kier molecular flexibility index (Phi) is 6.58. The molecular weight excluding hydrogens is 434 g/mol. The fourth-order valence-corrected chi connectivity index (χ4v) is 3.89. The minimum absolute atomic E-state index is 0.139. The highest BCUT2D eigenvalue weighted by atomic mass is 35.5. The summed E-state index contributed by atoms with van der Waals surface area (Å²) in [6.07, 6.45) is 3.69. The van der Waals surface area contributed by atoms with Crippen LogP contribution in [0, 0.1) is 6.92 Å². The van der Waals surface area contributed by atoms with Gasteiger partial charge in [-0.15, -0.1) is 0 Å². The van der Waals surface area contributed by atoms with Gasteiger partial charge in [0.25, 0.3) is 5.91 Å². The number of nitrogens with zero attached hydrogens (tertiary/aromatic N) is 3. The van der Waals surface area contributed by atoms with Crippen LogP contribution in [0.15, 0.2) is 67.0 Å². The van der Waals surface area contributed by atoms with E-state index in [1.165, 1.54) is 0 Å². The molecule has 0 aliphatic carbocycles. The molecule has 33 heavy (non-hydrogen) atoms. The molecule has 0 aliphatic rings. The van der Waals surface area contributed by atoms with Crippen molar-refractivity contribution in [2.24, 2.45) is 12.8 Å². The number of amides is 1. The fraction of sp³-hybridized carbons (Fsp3) is 0.192. The van der Waals surface area contributed by atoms with Crippen molar-refractivity contribution in [3.8, 4) is 22.5 Å². The minimum Gasteiger partial charge on any atom is -0.346 e. The Morgan fingerprint density at radius 1 is 1.12 bits per heavy atom. The van der Waals surface area contributed by atoms with Gasteiger partial charge in [0, 0.05) is 41.5 Å². The molecule has 2 aromatic heterocycles. The van der Waals surface area contributed by atoms with Crippen LogP contribution in [0.2, 0.25) is 5.02 Å². The zero-order chi connectivity index (χ0) is 23.5. The number of hydrogen-bond acceptors (Lipinski definition) is 4. The second-order valence-corrected chi connectivity index (χ2v) is 8.57. The van der Waals surface area contributed by atoms with Crippen molar-refractivity contribution < 1.29 is 4.79 Å². The molecule has 2 heterocycles. The van der Waals surface area contributed by atoms with Crippen molar-refractivity contribution >= 4 is 17.5 Å². The first-order chi connectivity index (χ1) is 15.8. The Hall–Kier alpha value is -3.48. The summed E-state index contributed by atoms with van der Waals surface area (Å²) < 4.78 is 1.74. The number of nitrogens with one attached hydrogen (secondary N) is 1. The van der Waals surface area contributed by atoms with E-state index in [1.807, 2.05) is 81.7 Å². The number of nitrogens with two attached hydrogens (primary N) is 1. The topological polar surface area (TPSA) is 85.8 Å². The molecule has 0 spiro atoms. The standard InChI is InChI=1S/C26H26ClN5O/c1-16-7-8-18(13-28)9-23(16)26(33)30-17(2)20-11-24(19-5-4-6-22(27)10-19)31-25(12-20)21-14-29-32(3)15-21/h4-12,14-15,17H,13,28H2,1-3H3,(H,30,33). The molecule has 1 atom stereocenters. The van der Waals surface area contributed by atoms with Crippen molar-refractivity contribution in [2.45, 2.75) is 26.4 Å². The van der Waals surface area contributed by atoms with Crippen LogP contribution in [0.3, 0.4) is 0 Å². The lowest BCUT2D eigenvalue weighted by Gasteiger charge is -2.18. The summed E-state index contributed by atoms with van der Waals surface area (Å²) in [6, 6.07) is 17.0. The Bertz CT molecular complexity index is 1310. The van der Waals surface area contributed by atoms with Gasteiger partial charge in [-0.1, -0.05) is 35.9 Å². The Morgan fingerprint density at radius 3 is 2.55 bits per heavy atom. The van der Waals surface area contributed by atoms with E-state index in [-0.39, 0.29) is 11.9 Å². The van der Waals surface area contributed by atoms with Gasteiger partial charge in [-0.2, -0.15) is 5.10 Å². The average Bonchev–Trinajstić information content (AvgIpc) is 3.25. The maximum absolute atomic E-state index is 13.1. The molecule has 0 saturated heterocycles. The van der Waals surface area contributed by atoms with Crippen molar-refractivity contribution in [1.29, 1.82) is 0 Å². The van der Waals surface area contributed by atoms with E-state index >= 15 is 0 Å². The lowest BCUT2D eigenvalue weighted by Crippen LogP contribution is -2.27. The molecule has 0 bridgehead atoms. The van der Waals surface area contributed by atoms with Gasteiger partial charge in [-0.3, -0.25) is 9.48 Å². The molecular formula is C26H26ClN5O. The van der Waals surface area contributed by atoms with Crippen LogP contribution >= 0.6 is 11.6 Å². The van der Waals surface area contributed by atoms with Crippen LogP contribution in [0.4, 0.5) is 0 Å². The third kappa shape index (κ3) is 5.13. The van der Waals surface area contributed by atoms with Crippen LogP contribution in [0.25, 0.3) is 22.5 Å². The van der Waals surface area contributed by atoms with Crippen LogP contribution in [0.1, 0.15) is 40.0 Å². The molecule has 168 valence electrons. The highest BCUT2D eigenvalue weighted by molar-refractivity contribution is 6.30. The van der Waals surface area contributed by atoms with Gasteiger partial charge in [0.1, 0.15) is 0 Å². The number of pyridine rings is 1. The highest BCUT2D eigenvalue weighted by Gasteiger charge is 2.17. The molecule has 0 saturated carbocycles. The molecule has 4 rings (SSSR count). The Labute approximate surface area is 198 Å². The average molecular weight is 460 g/mol. The van der Waals surface area contributed by atoms with Gasteiger partial charge in [-0.25, -0.2) is 4.98 Å². The Morgan fingerprint density at radius 2 is 1.88 bits per heavy atom. The van der Waals surface area contributed by atoms with E-state index < -0.39 is 0 Å². The summed E-state index contributed by atoms with van der Waals surface area (Å²) in [5.74, 6) is -0.139. The van der Waals surface area contributed by atoms with Crippen LogP contribution in [-0.4, -0.2) is 20.7 Å². The normalized spacial score (nSPS) is 11.9. The van der Waals surface area contributed by atoms with Gasteiger partial charge in [0.15, 0.2) is 0 Å². The lowest BCUT2D eigenvalue weighted by atomic mass is 10.0. The molecule has 2 aromatic carbocycles. The van der Waals surface area contributed by atoms with E-state index in [1.54, 1.807) is 10.9 Å². The maximum atomic E-state index is 13.1. The van der Waals surface area contributed by atoms with Crippen molar-refractivity contribution in [3.63, 3.8) is 0 Å². The zero-order valence-electron chi connectivity index (χ0n) is 18.8. The third-order valence-corrected chi connectivity index (χ3v) is 5.83. The van der Waals surface area contributed by atoms with Gasteiger partial charge >= 0.3 is 0 Å². The molecule has 4 aromatic rings. The summed E-state index contributed by atoms with van der Waals surface area (Å²) in [4.78, 5) is 17.9. The smallest absolute Gasteiger partial charge is 0.252 e. The first-order valence-corrected chi connectivity index (χ1v) is 11.1. The van der Waals surface area contributed by atoms with E-state index in [9.17, 15) is 4.79 Å². The molecule has 3 N–H and O–H groups in total. The highest BCUT2D eigenvalue weighted by Crippen LogP contribution is 2.29. The van der Waals surface area contributed by atoms with Gasteiger partial charge < -0.3 is 11.1 Å². The Balaban J connectivity index is 1.71. The number of rotatable bonds is 6. The van der Waals surface area contributed by atoms with Crippen LogP contribution in [-0.2, 0) is 13.6 Å². The second-order valence-electron chi connectivity index (χ2n) is 8.13. The number of halogens is 1. The molecule has 0 radical (unpaired) electrons. The summed E-state index contributed by atoms with van der Waals surface area (Å²) in [6.45, 7) is 4.27. The maximum Gasteiger partial charge on any atom is 0.252 e. The van der Waals surface area contributed by atoms with Gasteiger partial charge in [0.05, 0.1) is 23.6 Å². The molecule has 0 aliphatic heterocycles. The molecule has 1 unspecified atom stereocenters. The van der Waals surface area contributed by atoms with E-state index in [4.69, 9.17) is 22.3 Å². The number of carbonyl (C=O) groups excluding carboxylic acids is 1. The predicted molar refractivity (Wildman–Crippen MR) is 132 cm³/mol. The van der Waals surface area contributed by atoms with E-state index in [0.717, 1.165) is 39.2 Å². The first-order valence-electron chi connectivity index (χ1n) is 10.7. The third-order valence-electron chi connectivity index (χ3n) is 5.60. The number of benzene rings is 2. The molecule has 0 fully saturated rings. The quantitative estimate of drug-likeness (QED) is 0.422. The summed E-state index contributed by atoms with van der Waals surface area (Å²) >= 11 is 6.23. The predicted octanol–water partition coefficient (Wildman–Crippen LogP) is 5.06. The monoisotopic (exact) mass is 459 g/mol. The number of hydrogen-bond donors (Lipinski definition) is 2. The number of carbonyl (C=O) groups is 1. The minimum atomic E-state index is -0.255. The summed E-state index contributed by atoms with van der Waals surface area (Å²) in [7, 11) is 1.87. The lowest BCUT2D eigenvalue weighted by molar-refractivity contribution is 0.0939. The van der Waals surface area contributed by atoms with Crippen molar-refractivity contribution in [2.75, 3.05) is 0 Å².